The van der Waals surface area contributed by atoms with Crippen molar-refractivity contribution in [2.24, 2.45) is 16.5 Å². The molecule has 0 bridgehead atoms. The summed E-state index contributed by atoms with van der Waals surface area (Å²) in [4.78, 5) is 35.6. The van der Waals surface area contributed by atoms with Crippen molar-refractivity contribution < 1.29 is 9.59 Å². The van der Waals surface area contributed by atoms with E-state index in [1.54, 1.807) is 12.1 Å². The Kier molecular flexibility index (Phi) is 11.2. The molecular formula is C19H27Cl2N9O2. The van der Waals surface area contributed by atoms with Gasteiger partial charge in [0.15, 0.2) is 28.4 Å². The van der Waals surface area contributed by atoms with Crippen LogP contribution in [0.25, 0.3) is 0 Å². The number of hydrogen-bond acceptors (Lipinski definition) is 8. The van der Waals surface area contributed by atoms with E-state index in [0.29, 0.717) is 25.2 Å². The fraction of sp³-hybridized carbons (Fsp3) is 0.316. The van der Waals surface area contributed by atoms with Gasteiger partial charge in [-0.15, -0.1) is 12.4 Å². The third kappa shape index (κ3) is 8.17. The number of unbranched alkanes of at least 4 members (excludes halogenated alkanes) is 1. The molecule has 2 rings (SSSR count). The fourth-order valence-electron chi connectivity index (χ4n) is 2.57. The largest absolute Gasteiger partial charge is 0.382 e. The van der Waals surface area contributed by atoms with Crippen LogP contribution in [0.3, 0.4) is 0 Å². The fourth-order valence-corrected chi connectivity index (χ4v) is 2.70. The number of benzene rings is 1. The number of carbonyl (C=O) groups is 2. The van der Waals surface area contributed by atoms with Crippen molar-refractivity contribution in [2.45, 2.75) is 19.3 Å². The Bertz CT molecular complexity index is 953. The Morgan fingerprint density at radius 3 is 2.38 bits per heavy atom. The van der Waals surface area contributed by atoms with Crippen LogP contribution in [0.2, 0.25) is 5.15 Å². The first-order chi connectivity index (χ1) is 14.8. The zero-order valence-electron chi connectivity index (χ0n) is 17.3. The van der Waals surface area contributed by atoms with Gasteiger partial charge in [-0.25, -0.2) is 9.97 Å². The molecular weight excluding hydrogens is 457 g/mol. The summed E-state index contributed by atoms with van der Waals surface area (Å²) in [5.41, 5.74) is 23.7. The molecule has 0 aliphatic carbocycles. The number of nitrogens with one attached hydrogen (secondary N) is 2. The van der Waals surface area contributed by atoms with Crippen LogP contribution in [0.5, 0.6) is 0 Å². The average Bonchev–Trinajstić information content (AvgIpc) is 2.74. The summed E-state index contributed by atoms with van der Waals surface area (Å²) in [5, 5.41) is 4.98. The molecule has 174 valence electrons. The number of hydrogen-bond donors (Lipinski definition) is 6. The summed E-state index contributed by atoms with van der Waals surface area (Å²) in [7, 11) is 0. The van der Waals surface area contributed by atoms with Crippen molar-refractivity contribution in [3.63, 3.8) is 0 Å². The number of halogens is 2. The zero-order valence-corrected chi connectivity index (χ0v) is 18.9. The van der Waals surface area contributed by atoms with Crippen LogP contribution in [0.15, 0.2) is 29.3 Å². The van der Waals surface area contributed by atoms with E-state index in [4.69, 9.17) is 34.5 Å². The predicted molar refractivity (Wildman–Crippen MR) is 128 cm³/mol. The average molecular weight is 484 g/mol. The monoisotopic (exact) mass is 483 g/mol. The number of anilines is 2. The molecule has 11 nitrogen and oxygen atoms in total. The van der Waals surface area contributed by atoms with Crippen LogP contribution in [-0.2, 0) is 6.42 Å². The van der Waals surface area contributed by atoms with Crippen LogP contribution < -0.4 is 33.6 Å². The minimum atomic E-state index is -0.677. The van der Waals surface area contributed by atoms with Gasteiger partial charge in [0.25, 0.3) is 11.8 Å². The van der Waals surface area contributed by atoms with Gasteiger partial charge in [-0.05, 0) is 37.0 Å². The Labute approximate surface area is 196 Å². The normalized spacial score (nSPS) is 10.9. The third-order valence-corrected chi connectivity index (χ3v) is 4.44. The van der Waals surface area contributed by atoms with Crippen LogP contribution in [0.1, 0.15) is 39.3 Å². The highest BCUT2D eigenvalue weighted by atomic mass is 35.5. The lowest BCUT2D eigenvalue weighted by Gasteiger charge is -2.07. The molecule has 0 unspecified atom stereocenters. The maximum absolute atomic E-state index is 12.2. The number of nitrogen functional groups attached to an aromatic ring is 2. The second-order valence-electron chi connectivity index (χ2n) is 6.55. The summed E-state index contributed by atoms with van der Waals surface area (Å²) in [6.45, 7) is 1.27. The van der Waals surface area contributed by atoms with Crippen molar-refractivity contribution in [1.29, 1.82) is 0 Å². The van der Waals surface area contributed by atoms with Crippen molar-refractivity contribution in [1.82, 2.24) is 20.6 Å². The highest BCUT2D eigenvalue weighted by Crippen LogP contribution is 2.17. The maximum Gasteiger partial charge on any atom is 0.280 e. The molecule has 1 aromatic heterocycles. The summed E-state index contributed by atoms with van der Waals surface area (Å²) in [6.07, 6.45) is 2.43. The highest BCUT2D eigenvalue weighted by Gasteiger charge is 2.16. The van der Waals surface area contributed by atoms with E-state index in [0.717, 1.165) is 24.8 Å². The number of rotatable bonds is 9. The van der Waals surface area contributed by atoms with Gasteiger partial charge in [0.1, 0.15) is 0 Å². The standard InChI is InChI=1S/C19H26ClN9O2.ClH/c20-14-16(23)28-15(22)13(27-14)18(31)29-19(24)26-9-2-1-3-11-4-6-12(7-5-11)17(30)25-10-8-21;/h4-7H,1-3,8-10,21H2,(H,25,30)(H4,22,23,28)(H3,24,26,29,31);1H. The summed E-state index contributed by atoms with van der Waals surface area (Å²) in [5.74, 6) is -1.11. The second kappa shape index (κ2) is 13.3. The minimum absolute atomic E-state index is 0. The number of aromatic nitrogens is 2. The van der Waals surface area contributed by atoms with Crippen molar-refractivity contribution in [3.8, 4) is 0 Å². The third-order valence-electron chi connectivity index (χ3n) is 4.16. The number of nitrogens with two attached hydrogens (primary N) is 4. The molecule has 0 fully saturated rings. The van der Waals surface area contributed by atoms with Gasteiger partial charge in [0, 0.05) is 25.2 Å². The van der Waals surface area contributed by atoms with E-state index in [1.165, 1.54) is 0 Å². The number of carbonyl (C=O) groups excluding carboxylic acids is 2. The van der Waals surface area contributed by atoms with Crippen LogP contribution in [-0.4, -0.2) is 47.4 Å². The number of guanidine groups is 1. The van der Waals surface area contributed by atoms with Crippen LogP contribution in [0.4, 0.5) is 11.6 Å². The Morgan fingerprint density at radius 1 is 1.03 bits per heavy atom. The van der Waals surface area contributed by atoms with Gasteiger partial charge in [-0.3, -0.25) is 19.9 Å². The molecule has 2 amide bonds. The van der Waals surface area contributed by atoms with Gasteiger partial charge >= 0.3 is 0 Å². The van der Waals surface area contributed by atoms with Crippen molar-refractivity contribution in [3.05, 3.63) is 46.2 Å². The molecule has 1 heterocycles. The maximum atomic E-state index is 12.2. The summed E-state index contributed by atoms with van der Waals surface area (Å²) in [6, 6.07) is 7.40. The van der Waals surface area contributed by atoms with Gasteiger partial charge in [0.05, 0.1) is 0 Å². The summed E-state index contributed by atoms with van der Waals surface area (Å²) >= 11 is 5.76. The molecule has 0 saturated carbocycles. The lowest BCUT2D eigenvalue weighted by molar-refractivity contribution is 0.0951. The second-order valence-corrected chi connectivity index (χ2v) is 6.91. The zero-order chi connectivity index (χ0) is 22.8. The van der Waals surface area contributed by atoms with E-state index in [1.807, 2.05) is 12.1 Å². The predicted octanol–water partition coefficient (Wildman–Crippen LogP) is 0.472. The van der Waals surface area contributed by atoms with Gasteiger partial charge in [-0.1, -0.05) is 23.7 Å². The Balaban J connectivity index is 0.00000512. The number of aryl methyl sites for hydroxylation is 1. The quantitative estimate of drug-likeness (QED) is 0.167. The van der Waals surface area contributed by atoms with E-state index >= 15 is 0 Å². The molecule has 2 aromatic rings. The molecule has 0 aliphatic heterocycles. The smallest absolute Gasteiger partial charge is 0.280 e. The lowest BCUT2D eigenvalue weighted by Crippen LogP contribution is -2.38. The van der Waals surface area contributed by atoms with Gasteiger partial charge < -0.3 is 28.3 Å². The van der Waals surface area contributed by atoms with Crippen molar-refractivity contribution in [2.75, 3.05) is 31.1 Å². The first-order valence-corrected chi connectivity index (χ1v) is 9.96. The van der Waals surface area contributed by atoms with E-state index < -0.39 is 5.91 Å². The van der Waals surface area contributed by atoms with Gasteiger partial charge in [-0.2, -0.15) is 0 Å². The molecule has 32 heavy (non-hydrogen) atoms. The van der Waals surface area contributed by atoms with E-state index in [2.05, 4.69) is 25.6 Å². The molecule has 0 aliphatic rings. The number of amides is 2. The molecule has 0 saturated heterocycles. The van der Waals surface area contributed by atoms with Crippen molar-refractivity contribution >= 4 is 53.4 Å². The van der Waals surface area contributed by atoms with Gasteiger partial charge in [0.2, 0.25) is 0 Å². The lowest BCUT2D eigenvalue weighted by atomic mass is 10.1. The molecule has 0 atom stereocenters. The van der Waals surface area contributed by atoms with E-state index in [-0.39, 0.29) is 46.8 Å². The topological polar surface area (TPSA) is 200 Å². The number of nitrogens with zero attached hydrogens (tertiary/aromatic N) is 3. The highest BCUT2D eigenvalue weighted by molar-refractivity contribution is 6.31. The molecule has 0 spiro atoms. The SMILES string of the molecule is Cl.NCCNC(=O)c1ccc(CCCCN=C(N)NC(=O)c2nc(Cl)c(N)nc2N)cc1. The minimum Gasteiger partial charge on any atom is -0.382 e. The molecule has 0 radical (unpaired) electrons. The first kappa shape index (κ1) is 26.9. The Hall–Kier alpha value is -3.15. The van der Waals surface area contributed by atoms with Crippen LogP contribution >= 0.6 is 24.0 Å². The Morgan fingerprint density at radius 2 is 1.72 bits per heavy atom. The molecule has 10 N–H and O–H groups in total. The summed E-state index contributed by atoms with van der Waals surface area (Å²) < 4.78 is 0. The first-order valence-electron chi connectivity index (χ1n) is 9.58. The molecule has 13 heteroatoms. The molecule has 1 aromatic carbocycles. The van der Waals surface area contributed by atoms with E-state index in [9.17, 15) is 9.59 Å². The number of aliphatic imine (C=N–C) groups is 1. The van der Waals surface area contributed by atoms with Crippen LogP contribution in [0, 0.1) is 0 Å².